The number of pyridine rings is 1. The number of hydrogen-bond acceptors (Lipinski definition) is 4. The van der Waals surface area contributed by atoms with Gasteiger partial charge in [-0.15, -0.1) is 0 Å². The standard InChI is InChI=1S/C15H11N3O3/c19-13(17-12-7-3-4-8-16-12)9-18-11-6-2-1-5-10(11)14(20)15(18)21/h1-8H,9H2,(H,16,17,19). The number of amides is 2. The largest absolute Gasteiger partial charge is 0.309 e. The summed E-state index contributed by atoms with van der Waals surface area (Å²) >= 11 is 0. The third-order valence-corrected chi connectivity index (χ3v) is 3.11. The molecule has 0 atom stereocenters. The van der Waals surface area contributed by atoms with Gasteiger partial charge in [-0.3, -0.25) is 19.3 Å². The van der Waals surface area contributed by atoms with Crippen molar-refractivity contribution in [1.82, 2.24) is 4.98 Å². The highest BCUT2D eigenvalue weighted by atomic mass is 16.2. The highest BCUT2D eigenvalue weighted by Gasteiger charge is 2.36. The molecule has 0 aliphatic carbocycles. The zero-order valence-electron chi connectivity index (χ0n) is 10.9. The van der Waals surface area contributed by atoms with Crippen molar-refractivity contribution in [2.75, 3.05) is 16.8 Å². The van der Waals surface area contributed by atoms with Gasteiger partial charge in [-0.2, -0.15) is 0 Å². The molecule has 104 valence electrons. The summed E-state index contributed by atoms with van der Waals surface area (Å²) in [4.78, 5) is 40.9. The van der Waals surface area contributed by atoms with Crippen LogP contribution in [-0.4, -0.2) is 29.1 Å². The topological polar surface area (TPSA) is 79.4 Å². The molecular weight excluding hydrogens is 270 g/mol. The first-order valence-corrected chi connectivity index (χ1v) is 6.33. The quantitative estimate of drug-likeness (QED) is 0.859. The maximum absolute atomic E-state index is 12.0. The summed E-state index contributed by atoms with van der Waals surface area (Å²) in [5, 5.41) is 2.58. The number of ketones is 1. The Kier molecular flexibility index (Phi) is 3.19. The van der Waals surface area contributed by atoms with E-state index in [9.17, 15) is 14.4 Å². The predicted molar refractivity (Wildman–Crippen MR) is 76.0 cm³/mol. The lowest BCUT2D eigenvalue weighted by atomic mass is 10.1. The lowest BCUT2D eigenvalue weighted by molar-refractivity contribution is -0.118. The number of nitrogens with zero attached hydrogens (tertiary/aromatic N) is 2. The van der Waals surface area contributed by atoms with Gasteiger partial charge in [0.1, 0.15) is 12.4 Å². The normalized spacial score (nSPS) is 13.2. The van der Waals surface area contributed by atoms with Crippen LogP contribution in [0.15, 0.2) is 48.7 Å². The number of fused-ring (bicyclic) bond motifs is 1. The fourth-order valence-electron chi connectivity index (χ4n) is 2.17. The average molecular weight is 281 g/mol. The molecule has 0 fully saturated rings. The SMILES string of the molecule is O=C(CN1C(=O)C(=O)c2ccccc21)Nc1ccccn1. The number of rotatable bonds is 3. The number of para-hydroxylation sites is 1. The van der Waals surface area contributed by atoms with Crippen molar-refractivity contribution in [3.63, 3.8) is 0 Å². The highest BCUT2D eigenvalue weighted by molar-refractivity contribution is 6.52. The van der Waals surface area contributed by atoms with E-state index in [1.807, 2.05) is 0 Å². The number of anilines is 2. The predicted octanol–water partition coefficient (Wildman–Crippen LogP) is 1.25. The zero-order valence-corrected chi connectivity index (χ0v) is 10.9. The van der Waals surface area contributed by atoms with E-state index in [2.05, 4.69) is 10.3 Å². The molecule has 0 bridgehead atoms. The summed E-state index contributed by atoms with van der Waals surface area (Å²) < 4.78 is 0. The summed E-state index contributed by atoms with van der Waals surface area (Å²) in [6, 6.07) is 11.7. The highest BCUT2D eigenvalue weighted by Crippen LogP contribution is 2.28. The summed E-state index contributed by atoms with van der Waals surface area (Å²) in [5.74, 6) is -1.29. The first-order chi connectivity index (χ1) is 10.2. The minimum absolute atomic E-state index is 0.224. The number of carbonyl (C=O) groups is 3. The van der Waals surface area contributed by atoms with E-state index in [4.69, 9.17) is 0 Å². The first kappa shape index (κ1) is 13.0. The van der Waals surface area contributed by atoms with Gasteiger partial charge in [-0.05, 0) is 24.3 Å². The van der Waals surface area contributed by atoms with Gasteiger partial charge < -0.3 is 5.32 Å². The Balaban J connectivity index is 1.78. The molecular formula is C15H11N3O3. The number of nitrogens with one attached hydrogen (secondary N) is 1. The Labute approximate surface area is 120 Å². The Morgan fingerprint density at radius 1 is 1.10 bits per heavy atom. The van der Waals surface area contributed by atoms with E-state index in [-0.39, 0.29) is 6.54 Å². The van der Waals surface area contributed by atoms with Crippen molar-refractivity contribution in [2.24, 2.45) is 0 Å². The smallest absolute Gasteiger partial charge is 0.299 e. The van der Waals surface area contributed by atoms with E-state index in [0.717, 1.165) is 0 Å². The van der Waals surface area contributed by atoms with E-state index >= 15 is 0 Å². The van der Waals surface area contributed by atoms with Crippen LogP contribution in [-0.2, 0) is 9.59 Å². The van der Waals surface area contributed by atoms with Gasteiger partial charge in [0, 0.05) is 6.20 Å². The zero-order chi connectivity index (χ0) is 14.8. The second-order valence-electron chi connectivity index (χ2n) is 4.50. The number of Topliss-reactive ketones (excluding diaryl/α,β-unsaturated/α-hetero) is 1. The van der Waals surface area contributed by atoms with Crippen molar-refractivity contribution in [2.45, 2.75) is 0 Å². The van der Waals surface area contributed by atoms with Gasteiger partial charge in [0.15, 0.2) is 0 Å². The molecule has 21 heavy (non-hydrogen) atoms. The second kappa shape index (κ2) is 5.16. The van der Waals surface area contributed by atoms with Crippen LogP contribution >= 0.6 is 0 Å². The molecule has 1 aliphatic rings. The van der Waals surface area contributed by atoms with Gasteiger partial charge in [0.2, 0.25) is 5.91 Å². The van der Waals surface area contributed by atoms with Crippen LogP contribution in [0.3, 0.4) is 0 Å². The van der Waals surface area contributed by atoms with Gasteiger partial charge in [-0.1, -0.05) is 18.2 Å². The van der Waals surface area contributed by atoms with Crippen molar-refractivity contribution >= 4 is 29.1 Å². The van der Waals surface area contributed by atoms with E-state index in [1.165, 1.54) is 4.90 Å². The van der Waals surface area contributed by atoms with Crippen LogP contribution in [0.5, 0.6) is 0 Å². The summed E-state index contributed by atoms with van der Waals surface area (Å²) in [5.41, 5.74) is 0.789. The Morgan fingerprint density at radius 3 is 2.62 bits per heavy atom. The second-order valence-corrected chi connectivity index (χ2v) is 4.50. The van der Waals surface area contributed by atoms with E-state index in [1.54, 1.807) is 48.7 Å². The Hall–Kier alpha value is -3.02. The fourth-order valence-corrected chi connectivity index (χ4v) is 2.17. The van der Waals surface area contributed by atoms with Gasteiger partial charge >= 0.3 is 0 Å². The Bertz CT molecular complexity index is 728. The maximum Gasteiger partial charge on any atom is 0.299 e. The third-order valence-electron chi connectivity index (χ3n) is 3.11. The lowest BCUT2D eigenvalue weighted by Gasteiger charge is -2.15. The fraction of sp³-hybridized carbons (Fsp3) is 0.0667. The van der Waals surface area contributed by atoms with Crippen LogP contribution in [0, 0.1) is 0 Å². The van der Waals surface area contributed by atoms with Crippen molar-refractivity contribution in [1.29, 1.82) is 0 Å². The van der Waals surface area contributed by atoms with Crippen LogP contribution in [0.25, 0.3) is 0 Å². The molecule has 2 amide bonds. The molecule has 6 nitrogen and oxygen atoms in total. The van der Waals surface area contributed by atoms with Crippen LogP contribution in [0.2, 0.25) is 0 Å². The van der Waals surface area contributed by atoms with Crippen molar-refractivity contribution in [3.05, 3.63) is 54.2 Å². The molecule has 0 unspecified atom stereocenters. The molecule has 6 heteroatoms. The first-order valence-electron chi connectivity index (χ1n) is 6.33. The van der Waals surface area contributed by atoms with Crippen LogP contribution in [0.4, 0.5) is 11.5 Å². The molecule has 3 rings (SSSR count). The number of carbonyl (C=O) groups excluding carboxylic acids is 3. The molecule has 0 spiro atoms. The molecule has 0 saturated heterocycles. The lowest BCUT2D eigenvalue weighted by Crippen LogP contribution is -2.37. The van der Waals surface area contributed by atoms with Gasteiger partial charge in [-0.25, -0.2) is 4.98 Å². The molecule has 0 radical (unpaired) electrons. The number of hydrogen-bond donors (Lipinski definition) is 1. The summed E-state index contributed by atoms with van der Waals surface area (Å²) in [6.45, 7) is -0.224. The average Bonchev–Trinajstić information content (AvgIpc) is 2.74. The molecule has 2 aromatic rings. The van der Waals surface area contributed by atoms with Crippen molar-refractivity contribution < 1.29 is 14.4 Å². The van der Waals surface area contributed by atoms with E-state index in [0.29, 0.717) is 17.1 Å². The van der Waals surface area contributed by atoms with Gasteiger partial charge in [0.25, 0.3) is 11.7 Å². The maximum atomic E-state index is 12.0. The molecule has 1 aromatic carbocycles. The summed E-state index contributed by atoms with van der Waals surface area (Å²) in [6.07, 6.45) is 1.55. The minimum Gasteiger partial charge on any atom is -0.309 e. The van der Waals surface area contributed by atoms with Gasteiger partial charge in [0.05, 0.1) is 11.3 Å². The van der Waals surface area contributed by atoms with E-state index < -0.39 is 17.6 Å². The summed E-state index contributed by atoms with van der Waals surface area (Å²) in [7, 11) is 0. The van der Waals surface area contributed by atoms with Crippen molar-refractivity contribution in [3.8, 4) is 0 Å². The van der Waals surface area contributed by atoms with Crippen LogP contribution < -0.4 is 10.2 Å². The molecule has 0 saturated carbocycles. The monoisotopic (exact) mass is 281 g/mol. The molecule has 1 aromatic heterocycles. The minimum atomic E-state index is -0.688. The molecule has 1 aliphatic heterocycles. The molecule has 2 heterocycles. The Morgan fingerprint density at radius 2 is 1.86 bits per heavy atom. The molecule has 1 N–H and O–H groups in total. The number of aromatic nitrogens is 1. The number of benzene rings is 1. The third kappa shape index (κ3) is 2.38. The van der Waals surface area contributed by atoms with Crippen LogP contribution in [0.1, 0.15) is 10.4 Å².